The Morgan fingerprint density at radius 2 is 2.30 bits per heavy atom. The van der Waals surface area contributed by atoms with Gasteiger partial charge >= 0.3 is 0 Å². The zero-order chi connectivity index (χ0) is 14.2. The Hall–Kier alpha value is -1.45. The van der Waals surface area contributed by atoms with Gasteiger partial charge in [0.2, 0.25) is 0 Å². The molecule has 1 aliphatic carbocycles. The molecule has 1 aliphatic rings. The summed E-state index contributed by atoms with van der Waals surface area (Å²) in [7, 11) is -3.66. The smallest absolute Gasteiger partial charge is 0.267 e. The maximum atomic E-state index is 12.4. The minimum Gasteiger partial charge on any atom is -0.308 e. The summed E-state index contributed by atoms with van der Waals surface area (Å²) in [5.41, 5.74) is 1.04. The summed E-state index contributed by atoms with van der Waals surface area (Å²) in [6.07, 6.45) is 3.84. The Morgan fingerprint density at radius 3 is 2.95 bits per heavy atom. The first-order valence-corrected chi connectivity index (χ1v) is 8.62. The standard InChI is InChI=1S/C11H15N5O2S2/c1-7-10(9(15-14-7)6-13-8-2-3-8)20(17,18)16-11-12-4-5-19-11/h4-5,8,13H,2-3,6H2,1H3,(H,12,16)(H,14,15). The van der Waals surface area contributed by atoms with Crippen molar-refractivity contribution in [1.82, 2.24) is 20.5 Å². The number of aromatic nitrogens is 3. The topological polar surface area (TPSA) is 99.8 Å². The second kappa shape index (κ2) is 5.15. The molecule has 0 saturated heterocycles. The SMILES string of the molecule is Cc1[nH]nc(CNC2CC2)c1S(=O)(=O)Nc1nccs1. The third kappa shape index (κ3) is 2.84. The maximum absolute atomic E-state index is 12.4. The lowest BCUT2D eigenvalue weighted by Gasteiger charge is -2.07. The number of nitrogens with one attached hydrogen (secondary N) is 3. The minimum atomic E-state index is -3.66. The van der Waals surface area contributed by atoms with Crippen molar-refractivity contribution < 1.29 is 8.42 Å². The van der Waals surface area contributed by atoms with Crippen LogP contribution in [-0.4, -0.2) is 29.6 Å². The number of aromatic amines is 1. The average molecular weight is 313 g/mol. The molecule has 2 aromatic heterocycles. The van der Waals surface area contributed by atoms with Crippen molar-refractivity contribution in [2.45, 2.75) is 37.2 Å². The number of sulfonamides is 1. The van der Waals surface area contributed by atoms with Gasteiger partial charge in [-0.3, -0.25) is 9.82 Å². The van der Waals surface area contributed by atoms with Gasteiger partial charge in [0.15, 0.2) is 5.13 Å². The van der Waals surface area contributed by atoms with Crippen LogP contribution in [0.25, 0.3) is 0 Å². The fraction of sp³-hybridized carbons (Fsp3) is 0.455. The minimum absolute atomic E-state index is 0.209. The predicted octanol–water partition coefficient (Wildman–Crippen LogP) is 1.23. The largest absolute Gasteiger partial charge is 0.308 e. The molecule has 0 aliphatic heterocycles. The number of hydrogen-bond acceptors (Lipinski definition) is 6. The van der Waals surface area contributed by atoms with Crippen molar-refractivity contribution in [2.24, 2.45) is 0 Å². The first kappa shape index (κ1) is 13.5. The molecule has 3 N–H and O–H groups in total. The molecule has 1 saturated carbocycles. The summed E-state index contributed by atoms with van der Waals surface area (Å²) >= 11 is 1.24. The number of hydrogen-bond donors (Lipinski definition) is 3. The number of nitrogens with zero attached hydrogens (tertiary/aromatic N) is 2. The lowest BCUT2D eigenvalue weighted by Crippen LogP contribution is -2.20. The van der Waals surface area contributed by atoms with Gasteiger partial charge in [-0.15, -0.1) is 11.3 Å². The van der Waals surface area contributed by atoms with Crippen LogP contribution in [0, 0.1) is 6.92 Å². The van der Waals surface area contributed by atoms with E-state index in [1.165, 1.54) is 11.3 Å². The third-order valence-corrected chi connectivity index (χ3v) is 5.38. The van der Waals surface area contributed by atoms with Crippen LogP contribution in [0.4, 0.5) is 5.13 Å². The summed E-state index contributed by atoms with van der Waals surface area (Å²) in [4.78, 5) is 4.15. The molecular formula is C11H15N5O2S2. The molecule has 7 nitrogen and oxygen atoms in total. The Kier molecular flexibility index (Phi) is 3.48. The molecule has 20 heavy (non-hydrogen) atoms. The van der Waals surface area contributed by atoms with Crippen molar-refractivity contribution in [3.63, 3.8) is 0 Å². The normalized spacial score (nSPS) is 15.4. The molecule has 1 fully saturated rings. The Balaban J connectivity index is 1.85. The molecule has 0 amide bonds. The third-order valence-electron chi connectivity index (χ3n) is 3.02. The fourth-order valence-corrected chi connectivity index (χ4v) is 4.07. The van der Waals surface area contributed by atoms with Gasteiger partial charge < -0.3 is 5.32 Å². The van der Waals surface area contributed by atoms with Crippen LogP contribution in [0.2, 0.25) is 0 Å². The number of aryl methyl sites for hydroxylation is 1. The summed E-state index contributed by atoms with van der Waals surface area (Å²) < 4.78 is 27.3. The molecule has 0 unspecified atom stereocenters. The quantitative estimate of drug-likeness (QED) is 0.745. The van der Waals surface area contributed by atoms with Crippen LogP contribution in [0.1, 0.15) is 24.2 Å². The zero-order valence-corrected chi connectivity index (χ0v) is 12.5. The molecular weight excluding hydrogens is 298 g/mol. The van der Waals surface area contributed by atoms with Gasteiger partial charge in [0.05, 0.1) is 11.4 Å². The first-order valence-electron chi connectivity index (χ1n) is 6.26. The summed E-state index contributed by atoms with van der Waals surface area (Å²) in [5.74, 6) is 0. The molecule has 9 heteroatoms. The highest BCUT2D eigenvalue weighted by molar-refractivity contribution is 7.93. The maximum Gasteiger partial charge on any atom is 0.267 e. The number of H-pyrrole nitrogens is 1. The number of thiazole rings is 1. The van der Waals surface area contributed by atoms with Gasteiger partial charge in [-0.1, -0.05) is 0 Å². The lowest BCUT2D eigenvalue weighted by molar-refractivity contribution is 0.596. The van der Waals surface area contributed by atoms with Crippen molar-refractivity contribution in [3.05, 3.63) is 23.0 Å². The van der Waals surface area contributed by atoms with Crippen LogP contribution in [0.15, 0.2) is 16.5 Å². The summed E-state index contributed by atoms with van der Waals surface area (Å²) in [6.45, 7) is 2.15. The van der Waals surface area contributed by atoms with Gasteiger partial charge in [0.1, 0.15) is 4.90 Å². The van der Waals surface area contributed by atoms with Gasteiger partial charge in [-0.05, 0) is 19.8 Å². The Morgan fingerprint density at radius 1 is 1.50 bits per heavy atom. The predicted molar refractivity (Wildman–Crippen MR) is 76.1 cm³/mol. The highest BCUT2D eigenvalue weighted by atomic mass is 32.2. The molecule has 2 heterocycles. The lowest BCUT2D eigenvalue weighted by atomic mass is 10.3. The van der Waals surface area contributed by atoms with E-state index in [2.05, 4.69) is 25.2 Å². The van der Waals surface area contributed by atoms with E-state index in [0.29, 0.717) is 29.1 Å². The summed E-state index contributed by atoms with van der Waals surface area (Å²) in [6, 6.07) is 0.495. The summed E-state index contributed by atoms with van der Waals surface area (Å²) in [5, 5.41) is 12.2. The highest BCUT2D eigenvalue weighted by Gasteiger charge is 2.27. The van der Waals surface area contributed by atoms with E-state index < -0.39 is 10.0 Å². The Bertz CT molecular complexity index is 688. The van der Waals surface area contributed by atoms with Gasteiger partial charge in [0, 0.05) is 24.2 Å². The zero-order valence-electron chi connectivity index (χ0n) is 10.9. The molecule has 0 aromatic carbocycles. The van der Waals surface area contributed by atoms with E-state index in [9.17, 15) is 8.42 Å². The fourth-order valence-electron chi connectivity index (χ4n) is 1.91. The molecule has 0 radical (unpaired) electrons. The van der Waals surface area contributed by atoms with Gasteiger partial charge in [0.25, 0.3) is 10.0 Å². The van der Waals surface area contributed by atoms with E-state index >= 15 is 0 Å². The van der Waals surface area contributed by atoms with Gasteiger partial charge in [-0.2, -0.15) is 5.10 Å². The van der Waals surface area contributed by atoms with E-state index in [1.54, 1.807) is 18.5 Å². The van der Waals surface area contributed by atoms with Crippen molar-refractivity contribution in [3.8, 4) is 0 Å². The molecule has 3 rings (SSSR count). The molecule has 0 spiro atoms. The van der Waals surface area contributed by atoms with E-state index in [4.69, 9.17) is 0 Å². The van der Waals surface area contributed by atoms with Crippen LogP contribution in [-0.2, 0) is 16.6 Å². The second-order valence-electron chi connectivity index (χ2n) is 4.72. The molecule has 0 atom stereocenters. The molecule has 108 valence electrons. The van der Waals surface area contributed by atoms with Crippen molar-refractivity contribution in [2.75, 3.05) is 4.72 Å². The number of anilines is 1. The van der Waals surface area contributed by atoms with Crippen molar-refractivity contribution in [1.29, 1.82) is 0 Å². The Labute approximate surface area is 120 Å². The average Bonchev–Trinajstić information content (AvgIpc) is 2.94. The van der Waals surface area contributed by atoms with E-state index in [0.717, 1.165) is 12.8 Å². The van der Waals surface area contributed by atoms with E-state index in [1.807, 2.05) is 0 Å². The van der Waals surface area contributed by atoms with Gasteiger partial charge in [-0.25, -0.2) is 13.4 Å². The van der Waals surface area contributed by atoms with Crippen LogP contribution < -0.4 is 10.0 Å². The molecule has 2 aromatic rings. The second-order valence-corrected chi connectivity index (χ2v) is 7.24. The van der Waals surface area contributed by atoms with Crippen LogP contribution in [0.3, 0.4) is 0 Å². The number of rotatable bonds is 6. The monoisotopic (exact) mass is 313 g/mol. The van der Waals surface area contributed by atoms with Crippen molar-refractivity contribution >= 4 is 26.5 Å². The van der Waals surface area contributed by atoms with E-state index in [-0.39, 0.29) is 4.90 Å². The highest BCUT2D eigenvalue weighted by Crippen LogP contribution is 2.24. The van der Waals surface area contributed by atoms with Crippen LogP contribution in [0.5, 0.6) is 0 Å². The first-order chi connectivity index (χ1) is 9.56. The van der Waals surface area contributed by atoms with Crippen LogP contribution >= 0.6 is 11.3 Å². The molecule has 0 bridgehead atoms.